The van der Waals surface area contributed by atoms with Crippen molar-refractivity contribution in [3.05, 3.63) is 47.5 Å². The molecule has 0 aromatic heterocycles. The molecule has 4 N–H and O–H groups in total. The quantitative estimate of drug-likeness (QED) is 0.187. The van der Waals surface area contributed by atoms with Crippen LogP contribution in [0.3, 0.4) is 0 Å². The Morgan fingerprint density at radius 2 is 0.912 bits per heavy atom. The lowest BCUT2D eigenvalue weighted by molar-refractivity contribution is 0.0513. The van der Waals surface area contributed by atoms with Crippen LogP contribution in [0, 0.1) is 0 Å². The van der Waals surface area contributed by atoms with Gasteiger partial charge in [-0.25, -0.2) is 9.59 Å². The molecule has 0 saturated heterocycles. The molecule has 186 valence electrons. The van der Waals surface area contributed by atoms with E-state index in [2.05, 4.69) is 0 Å². The molecule has 0 aliphatic heterocycles. The van der Waals surface area contributed by atoms with Gasteiger partial charge < -0.3 is 39.4 Å². The van der Waals surface area contributed by atoms with Crippen molar-refractivity contribution in [3.8, 4) is 23.0 Å². The number of benzene rings is 2. The SMILES string of the molecule is O=C(OCCCCCCOC(=O)OCCc1ccc(O)c(O)c1)OCCc1ccc(O)c(O)c1. The lowest BCUT2D eigenvalue weighted by Crippen LogP contribution is -2.11. The van der Waals surface area contributed by atoms with E-state index in [1.54, 1.807) is 12.1 Å². The maximum absolute atomic E-state index is 11.5. The molecular formula is C24H30O10. The normalized spacial score (nSPS) is 10.5. The fourth-order valence-corrected chi connectivity index (χ4v) is 2.91. The number of phenolic OH excluding ortho intramolecular Hbond substituents is 4. The van der Waals surface area contributed by atoms with E-state index in [1.165, 1.54) is 24.3 Å². The van der Waals surface area contributed by atoms with E-state index in [-0.39, 0.29) is 49.4 Å². The second kappa shape index (κ2) is 14.4. The fraction of sp³-hybridized carbons (Fsp3) is 0.417. The molecule has 0 fully saturated rings. The van der Waals surface area contributed by atoms with Crippen LogP contribution in [0.1, 0.15) is 36.8 Å². The first kappa shape index (κ1) is 26.4. The van der Waals surface area contributed by atoms with E-state index < -0.39 is 12.3 Å². The number of carbonyl (C=O) groups is 2. The highest BCUT2D eigenvalue weighted by molar-refractivity contribution is 5.60. The summed E-state index contributed by atoms with van der Waals surface area (Å²) in [5.74, 6) is -0.870. The Hall–Kier alpha value is -3.82. The summed E-state index contributed by atoms with van der Waals surface area (Å²) in [4.78, 5) is 23.1. The third-order valence-electron chi connectivity index (χ3n) is 4.78. The van der Waals surface area contributed by atoms with Gasteiger partial charge in [-0.15, -0.1) is 0 Å². The third kappa shape index (κ3) is 10.2. The third-order valence-corrected chi connectivity index (χ3v) is 4.78. The number of hydrogen-bond donors (Lipinski definition) is 4. The lowest BCUT2D eigenvalue weighted by atomic mass is 10.1. The second-order valence-electron chi connectivity index (χ2n) is 7.45. The number of unbranched alkanes of at least 4 members (excludes halogenated alkanes) is 3. The maximum atomic E-state index is 11.5. The fourth-order valence-electron chi connectivity index (χ4n) is 2.91. The van der Waals surface area contributed by atoms with Gasteiger partial charge in [0.05, 0.1) is 26.4 Å². The molecule has 0 aliphatic carbocycles. The highest BCUT2D eigenvalue weighted by atomic mass is 16.7. The van der Waals surface area contributed by atoms with E-state index >= 15 is 0 Å². The number of aromatic hydroxyl groups is 4. The van der Waals surface area contributed by atoms with Gasteiger partial charge in [-0.2, -0.15) is 0 Å². The molecule has 0 heterocycles. The first-order chi connectivity index (χ1) is 16.3. The zero-order valence-electron chi connectivity index (χ0n) is 18.8. The molecule has 34 heavy (non-hydrogen) atoms. The van der Waals surface area contributed by atoms with Crippen LogP contribution in [0.5, 0.6) is 23.0 Å². The molecule has 2 rings (SSSR count). The largest absolute Gasteiger partial charge is 0.508 e. The summed E-state index contributed by atoms with van der Waals surface area (Å²) in [6, 6.07) is 8.78. The van der Waals surface area contributed by atoms with Crippen molar-refractivity contribution in [2.45, 2.75) is 38.5 Å². The van der Waals surface area contributed by atoms with Crippen molar-refractivity contribution in [1.29, 1.82) is 0 Å². The number of phenols is 4. The zero-order chi connectivity index (χ0) is 24.8. The molecule has 0 saturated carbocycles. The molecule has 2 aromatic carbocycles. The van der Waals surface area contributed by atoms with E-state index in [4.69, 9.17) is 18.9 Å². The average Bonchev–Trinajstić information content (AvgIpc) is 2.80. The van der Waals surface area contributed by atoms with E-state index in [1.807, 2.05) is 0 Å². The molecule has 0 aliphatic rings. The molecule has 0 amide bonds. The van der Waals surface area contributed by atoms with Crippen molar-refractivity contribution in [2.24, 2.45) is 0 Å². The van der Waals surface area contributed by atoms with Crippen LogP contribution in [0.2, 0.25) is 0 Å². The van der Waals surface area contributed by atoms with Crippen molar-refractivity contribution in [3.63, 3.8) is 0 Å². The van der Waals surface area contributed by atoms with Gasteiger partial charge in [-0.3, -0.25) is 0 Å². The van der Waals surface area contributed by atoms with Crippen LogP contribution in [0.25, 0.3) is 0 Å². The molecule has 0 unspecified atom stereocenters. The van der Waals surface area contributed by atoms with Gasteiger partial charge in [-0.1, -0.05) is 12.1 Å². The van der Waals surface area contributed by atoms with Gasteiger partial charge in [0, 0.05) is 12.8 Å². The highest BCUT2D eigenvalue weighted by Gasteiger charge is 2.07. The van der Waals surface area contributed by atoms with Crippen molar-refractivity contribution < 1.29 is 49.0 Å². The van der Waals surface area contributed by atoms with E-state index in [0.29, 0.717) is 36.8 Å². The van der Waals surface area contributed by atoms with Crippen LogP contribution >= 0.6 is 0 Å². The summed E-state index contributed by atoms with van der Waals surface area (Å²) in [5, 5.41) is 37.3. The minimum Gasteiger partial charge on any atom is -0.504 e. The number of carbonyl (C=O) groups excluding carboxylic acids is 2. The van der Waals surface area contributed by atoms with E-state index in [0.717, 1.165) is 12.8 Å². The maximum Gasteiger partial charge on any atom is 0.508 e. The molecule has 10 nitrogen and oxygen atoms in total. The van der Waals surface area contributed by atoms with Gasteiger partial charge in [0.15, 0.2) is 23.0 Å². The highest BCUT2D eigenvalue weighted by Crippen LogP contribution is 2.25. The van der Waals surface area contributed by atoms with Crippen LogP contribution in [-0.2, 0) is 31.8 Å². The number of ether oxygens (including phenoxy) is 4. The summed E-state index contributed by atoms with van der Waals surface area (Å²) in [6.07, 6.45) is 2.08. The van der Waals surface area contributed by atoms with Crippen LogP contribution in [-0.4, -0.2) is 59.2 Å². The van der Waals surface area contributed by atoms with Gasteiger partial charge >= 0.3 is 12.3 Å². The number of hydrogen-bond acceptors (Lipinski definition) is 10. The summed E-state index contributed by atoms with van der Waals surface area (Å²) in [5.41, 5.74) is 1.43. The monoisotopic (exact) mass is 478 g/mol. The van der Waals surface area contributed by atoms with Gasteiger partial charge in [0.2, 0.25) is 0 Å². The molecule has 2 aromatic rings. The molecule has 0 spiro atoms. The summed E-state index contributed by atoms with van der Waals surface area (Å²) < 4.78 is 19.9. The summed E-state index contributed by atoms with van der Waals surface area (Å²) >= 11 is 0. The Balaban J connectivity index is 1.41. The second-order valence-corrected chi connectivity index (χ2v) is 7.45. The summed E-state index contributed by atoms with van der Waals surface area (Å²) in [7, 11) is 0. The minimum atomic E-state index is -0.767. The van der Waals surface area contributed by atoms with Crippen LogP contribution < -0.4 is 0 Å². The summed E-state index contributed by atoms with van der Waals surface area (Å²) in [6.45, 7) is 0.616. The molecule has 10 heteroatoms. The van der Waals surface area contributed by atoms with Crippen LogP contribution in [0.4, 0.5) is 9.59 Å². The Labute approximate surface area is 197 Å². The average molecular weight is 478 g/mol. The number of rotatable bonds is 13. The Bertz CT molecular complexity index is 852. The Morgan fingerprint density at radius 1 is 0.529 bits per heavy atom. The smallest absolute Gasteiger partial charge is 0.504 e. The molecule has 0 bridgehead atoms. The van der Waals surface area contributed by atoms with Gasteiger partial charge in [0.1, 0.15) is 0 Å². The topological polar surface area (TPSA) is 152 Å². The van der Waals surface area contributed by atoms with Gasteiger partial charge in [-0.05, 0) is 61.1 Å². The molecule has 0 atom stereocenters. The Morgan fingerprint density at radius 3 is 1.29 bits per heavy atom. The first-order valence-corrected chi connectivity index (χ1v) is 11.0. The van der Waals surface area contributed by atoms with E-state index in [9.17, 15) is 30.0 Å². The lowest BCUT2D eigenvalue weighted by Gasteiger charge is -2.08. The minimum absolute atomic E-state index is 0.0912. The molecule has 0 radical (unpaired) electrons. The van der Waals surface area contributed by atoms with Crippen LogP contribution in [0.15, 0.2) is 36.4 Å². The zero-order valence-corrected chi connectivity index (χ0v) is 18.8. The van der Waals surface area contributed by atoms with Crippen molar-refractivity contribution in [1.82, 2.24) is 0 Å². The predicted molar refractivity (Wildman–Crippen MR) is 120 cm³/mol. The Kier molecular flexibility index (Phi) is 11.2. The van der Waals surface area contributed by atoms with Gasteiger partial charge in [0.25, 0.3) is 0 Å². The van der Waals surface area contributed by atoms with Crippen molar-refractivity contribution >= 4 is 12.3 Å². The first-order valence-electron chi connectivity index (χ1n) is 11.0. The standard InChI is InChI=1S/C24H30O10/c25-19-7-5-17(15-21(19)27)9-13-33-23(29)31-11-3-1-2-4-12-32-24(30)34-14-10-18-6-8-20(26)22(28)16-18/h5-8,15-16,25-28H,1-4,9-14H2. The van der Waals surface area contributed by atoms with Crippen molar-refractivity contribution in [2.75, 3.05) is 26.4 Å². The predicted octanol–water partition coefficient (Wildman–Crippen LogP) is 4.16. The molecular weight excluding hydrogens is 448 g/mol.